The molecular weight excluding hydrogens is 268 g/mol. The summed E-state index contributed by atoms with van der Waals surface area (Å²) in [5, 5.41) is 0. The Bertz CT molecular complexity index is 374. The average Bonchev–Trinajstić information content (AvgIpc) is 2.28. The van der Waals surface area contributed by atoms with Gasteiger partial charge in [-0.05, 0) is 36.6 Å². The van der Waals surface area contributed by atoms with Crippen molar-refractivity contribution in [2.75, 3.05) is 7.11 Å². The third-order valence-electron chi connectivity index (χ3n) is 2.65. The Balaban J connectivity index is 3.06. The second-order valence-corrected chi connectivity index (χ2v) is 4.75. The number of aryl methyl sites for hydroxylation is 1. The number of carbonyl (C=O) groups excluding carboxylic acids is 1. The summed E-state index contributed by atoms with van der Waals surface area (Å²) in [7, 11) is 1.43. The molecule has 0 heterocycles. The molecule has 2 nitrogen and oxygen atoms in total. The lowest BCUT2D eigenvalue weighted by atomic mass is 9.93. The van der Waals surface area contributed by atoms with E-state index in [1.807, 2.05) is 19.1 Å². The zero-order valence-corrected chi connectivity index (χ0v) is 11.5. The molecule has 1 unspecified atom stereocenters. The first-order valence-corrected chi connectivity index (χ1v) is 6.25. The molecule has 1 rings (SSSR count). The van der Waals surface area contributed by atoms with Crippen LogP contribution in [0, 0.1) is 0 Å². The first-order valence-electron chi connectivity index (χ1n) is 5.46. The smallest absolute Gasteiger partial charge is 0.312 e. The molecule has 1 atom stereocenters. The maximum atomic E-state index is 11.5. The minimum absolute atomic E-state index is 0.181. The van der Waals surface area contributed by atoms with Crippen molar-refractivity contribution in [2.45, 2.75) is 32.6 Å². The highest BCUT2D eigenvalue weighted by atomic mass is 79.9. The molecule has 0 N–H and O–H groups in total. The van der Waals surface area contributed by atoms with Gasteiger partial charge in [-0.1, -0.05) is 35.3 Å². The molecule has 1 aromatic carbocycles. The third-order valence-corrected chi connectivity index (χ3v) is 3.14. The Morgan fingerprint density at radius 2 is 2.19 bits per heavy atom. The van der Waals surface area contributed by atoms with E-state index in [0.717, 1.165) is 22.9 Å². The van der Waals surface area contributed by atoms with E-state index in [2.05, 4.69) is 28.9 Å². The third kappa shape index (κ3) is 3.08. The molecule has 0 amide bonds. The first kappa shape index (κ1) is 13.2. The molecule has 1 aromatic rings. The molecule has 0 fully saturated rings. The molecule has 88 valence electrons. The van der Waals surface area contributed by atoms with Crippen LogP contribution in [-0.2, 0) is 16.0 Å². The number of esters is 1. The molecule has 0 spiro atoms. The van der Waals surface area contributed by atoms with Crippen molar-refractivity contribution in [1.82, 2.24) is 0 Å². The first-order chi connectivity index (χ1) is 7.60. The Morgan fingerprint density at radius 3 is 2.75 bits per heavy atom. The fraction of sp³-hybridized carbons (Fsp3) is 0.462. The number of hydrogen-bond donors (Lipinski definition) is 0. The van der Waals surface area contributed by atoms with Gasteiger partial charge in [0.25, 0.3) is 0 Å². The summed E-state index contributed by atoms with van der Waals surface area (Å²) >= 11 is 3.45. The SMILES string of the molecule is CCCc1cc(Br)ccc1C(C)C(=O)OC. The lowest BCUT2D eigenvalue weighted by Gasteiger charge is -2.14. The van der Waals surface area contributed by atoms with Crippen molar-refractivity contribution < 1.29 is 9.53 Å². The maximum Gasteiger partial charge on any atom is 0.312 e. The van der Waals surface area contributed by atoms with Gasteiger partial charge in [-0.15, -0.1) is 0 Å². The van der Waals surface area contributed by atoms with Gasteiger partial charge < -0.3 is 4.74 Å². The fourth-order valence-corrected chi connectivity index (χ4v) is 2.19. The zero-order chi connectivity index (χ0) is 12.1. The molecule has 0 aromatic heterocycles. The Labute approximate surface area is 105 Å². The number of methoxy groups -OCH3 is 1. The average molecular weight is 285 g/mol. The van der Waals surface area contributed by atoms with E-state index in [0.29, 0.717) is 0 Å². The van der Waals surface area contributed by atoms with Crippen molar-refractivity contribution >= 4 is 21.9 Å². The van der Waals surface area contributed by atoms with Gasteiger partial charge in [0, 0.05) is 4.47 Å². The summed E-state index contributed by atoms with van der Waals surface area (Å²) in [4.78, 5) is 11.5. The van der Waals surface area contributed by atoms with Crippen LogP contribution in [0.1, 0.15) is 37.3 Å². The topological polar surface area (TPSA) is 26.3 Å². The molecular formula is C13H17BrO2. The Hall–Kier alpha value is -0.830. The predicted octanol–water partition coefficient (Wildman–Crippen LogP) is 3.68. The Kier molecular flexibility index (Phi) is 5.00. The van der Waals surface area contributed by atoms with Crippen molar-refractivity contribution in [1.29, 1.82) is 0 Å². The van der Waals surface area contributed by atoms with Crippen molar-refractivity contribution in [3.05, 3.63) is 33.8 Å². The van der Waals surface area contributed by atoms with Gasteiger partial charge in [0.05, 0.1) is 13.0 Å². The van der Waals surface area contributed by atoms with Gasteiger partial charge in [0.2, 0.25) is 0 Å². The standard InChI is InChI=1S/C13H17BrO2/c1-4-5-10-8-11(14)6-7-12(10)9(2)13(15)16-3/h6-9H,4-5H2,1-3H3. The van der Waals surface area contributed by atoms with Gasteiger partial charge in [0.1, 0.15) is 0 Å². The van der Waals surface area contributed by atoms with Gasteiger partial charge in [0.15, 0.2) is 0 Å². The number of ether oxygens (including phenoxy) is 1. The summed E-state index contributed by atoms with van der Waals surface area (Å²) in [6.45, 7) is 4.02. The molecule has 3 heteroatoms. The van der Waals surface area contributed by atoms with Gasteiger partial charge in [-0.2, -0.15) is 0 Å². The van der Waals surface area contributed by atoms with E-state index >= 15 is 0 Å². The van der Waals surface area contributed by atoms with Crippen LogP contribution in [0.5, 0.6) is 0 Å². The molecule has 0 bridgehead atoms. The summed E-state index contributed by atoms with van der Waals surface area (Å²) in [6.07, 6.45) is 2.05. The van der Waals surface area contributed by atoms with E-state index in [1.165, 1.54) is 12.7 Å². The van der Waals surface area contributed by atoms with Crippen molar-refractivity contribution in [3.8, 4) is 0 Å². The van der Waals surface area contributed by atoms with Crippen molar-refractivity contribution in [2.24, 2.45) is 0 Å². The maximum absolute atomic E-state index is 11.5. The Morgan fingerprint density at radius 1 is 1.50 bits per heavy atom. The molecule has 16 heavy (non-hydrogen) atoms. The van der Waals surface area contributed by atoms with Crippen LogP contribution in [0.3, 0.4) is 0 Å². The fourth-order valence-electron chi connectivity index (χ4n) is 1.79. The van der Waals surface area contributed by atoms with Crippen LogP contribution in [-0.4, -0.2) is 13.1 Å². The van der Waals surface area contributed by atoms with Gasteiger partial charge in [-0.3, -0.25) is 4.79 Å². The van der Waals surface area contributed by atoms with Crippen molar-refractivity contribution in [3.63, 3.8) is 0 Å². The van der Waals surface area contributed by atoms with E-state index in [-0.39, 0.29) is 11.9 Å². The van der Waals surface area contributed by atoms with E-state index in [4.69, 9.17) is 4.74 Å². The summed E-state index contributed by atoms with van der Waals surface area (Å²) in [6, 6.07) is 6.04. The summed E-state index contributed by atoms with van der Waals surface area (Å²) in [5.74, 6) is -0.376. The zero-order valence-electron chi connectivity index (χ0n) is 9.92. The minimum Gasteiger partial charge on any atom is -0.469 e. The van der Waals surface area contributed by atoms with Crippen LogP contribution in [0.15, 0.2) is 22.7 Å². The number of benzene rings is 1. The molecule has 0 saturated carbocycles. The lowest BCUT2D eigenvalue weighted by Crippen LogP contribution is -2.12. The minimum atomic E-state index is -0.195. The summed E-state index contributed by atoms with van der Waals surface area (Å²) in [5.41, 5.74) is 2.28. The quantitative estimate of drug-likeness (QED) is 0.789. The van der Waals surface area contributed by atoms with Crippen LogP contribution in [0.4, 0.5) is 0 Å². The van der Waals surface area contributed by atoms with Crippen LogP contribution in [0.2, 0.25) is 0 Å². The highest BCUT2D eigenvalue weighted by Gasteiger charge is 2.18. The van der Waals surface area contributed by atoms with Gasteiger partial charge >= 0.3 is 5.97 Å². The second kappa shape index (κ2) is 6.04. The number of hydrogen-bond acceptors (Lipinski definition) is 2. The van der Waals surface area contributed by atoms with Crippen LogP contribution < -0.4 is 0 Å². The van der Waals surface area contributed by atoms with E-state index < -0.39 is 0 Å². The second-order valence-electron chi connectivity index (χ2n) is 3.84. The lowest BCUT2D eigenvalue weighted by molar-refractivity contribution is -0.142. The highest BCUT2D eigenvalue weighted by molar-refractivity contribution is 9.10. The molecule has 0 aliphatic heterocycles. The van der Waals surface area contributed by atoms with Crippen LogP contribution in [0.25, 0.3) is 0 Å². The largest absolute Gasteiger partial charge is 0.469 e. The predicted molar refractivity (Wildman–Crippen MR) is 68.6 cm³/mol. The molecule has 0 aliphatic carbocycles. The number of rotatable bonds is 4. The molecule has 0 saturated heterocycles. The van der Waals surface area contributed by atoms with Gasteiger partial charge in [-0.25, -0.2) is 0 Å². The van der Waals surface area contributed by atoms with Crippen LogP contribution >= 0.6 is 15.9 Å². The number of halogens is 1. The summed E-state index contributed by atoms with van der Waals surface area (Å²) < 4.78 is 5.83. The number of carbonyl (C=O) groups is 1. The molecule has 0 aliphatic rings. The van der Waals surface area contributed by atoms with E-state index in [9.17, 15) is 4.79 Å². The van der Waals surface area contributed by atoms with E-state index in [1.54, 1.807) is 0 Å². The normalized spacial score (nSPS) is 12.2. The highest BCUT2D eigenvalue weighted by Crippen LogP contribution is 2.25. The monoisotopic (exact) mass is 284 g/mol. The molecule has 0 radical (unpaired) electrons.